The van der Waals surface area contributed by atoms with E-state index >= 15 is 0 Å². The van der Waals surface area contributed by atoms with Crippen molar-refractivity contribution in [2.75, 3.05) is 5.32 Å². The molecule has 1 aromatic heterocycles. The second-order valence-corrected chi connectivity index (χ2v) is 6.40. The van der Waals surface area contributed by atoms with Crippen LogP contribution in [0.2, 0.25) is 0 Å². The number of halogens is 1. The minimum Gasteiger partial charge on any atom is -0.473 e. The average Bonchev–Trinajstić information content (AvgIpc) is 2.69. The molecule has 0 saturated carbocycles. The lowest BCUT2D eigenvalue weighted by Gasteiger charge is -2.09. The summed E-state index contributed by atoms with van der Waals surface area (Å²) >= 11 is 0. The molecule has 0 aliphatic heterocycles. The number of aliphatic imine (C=N–C) groups is 1. The summed E-state index contributed by atoms with van der Waals surface area (Å²) in [5.74, 6) is 0.953. The predicted molar refractivity (Wildman–Crippen MR) is 125 cm³/mol. The Morgan fingerprint density at radius 3 is 2.54 bits per heavy atom. The van der Waals surface area contributed by atoms with Crippen LogP contribution in [0, 0.1) is 13.8 Å². The van der Waals surface area contributed by atoms with Gasteiger partial charge in [0, 0.05) is 18.0 Å². The number of nitrogens with zero attached hydrogens (tertiary/aromatic N) is 2. The van der Waals surface area contributed by atoms with Crippen LogP contribution in [0.15, 0.2) is 71.9 Å². The topological polar surface area (TPSA) is 72.5 Å². The van der Waals surface area contributed by atoms with Gasteiger partial charge < -0.3 is 15.8 Å². The summed E-state index contributed by atoms with van der Waals surface area (Å²) in [5.41, 5.74) is 11.5. The fraction of sp³-hybridized carbons (Fsp3) is 0.182. The van der Waals surface area contributed by atoms with Crippen molar-refractivity contribution in [1.82, 2.24) is 4.98 Å². The average molecular weight is 488 g/mol. The van der Waals surface area contributed by atoms with Crippen molar-refractivity contribution in [3.63, 3.8) is 0 Å². The van der Waals surface area contributed by atoms with Crippen LogP contribution in [-0.2, 0) is 13.2 Å². The van der Waals surface area contributed by atoms with Crippen LogP contribution in [0.5, 0.6) is 5.88 Å². The van der Waals surface area contributed by atoms with Crippen molar-refractivity contribution >= 4 is 35.6 Å². The normalized spacial score (nSPS) is 10.9. The lowest BCUT2D eigenvalue weighted by Crippen LogP contribution is -2.22. The molecule has 3 N–H and O–H groups in total. The Bertz CT molecular complexity index is 929. The summed E-state index contributed by atoms with van der Waals surface area (Å²) in [6.45, 7) is 5.09. The third kappa shape index (κ3) is 6.53. The molecule has 0 bridgehead atoms. The molecule has 0 unspecified atom stereocenters. The quantitative estimate of drug-likeness (QED) is 0.297. The zero-order chi connectivity index (χ0) is 19.1. The number of rotatable bonds is 6. The first-order chi connectivity index (χ1) is 13.1. The molecule has 6 heteroatoms. The Hall–Kier alpha value is -2.61. The van der Waals surface area contributed by atoms with Gasteiger partial charge in [0.2, 0.25) is 5.88 Å². The minimum absolute atomic E-state index is 0. The van der Waals surface area contributed by atoms with E-state index in [1.54, 1.807) is 6.20 Å². The molecule has 1 heterocycles. The molecule has 3 rings (SSSR count). The SMILES string of the molecule is Cc1ccc(NC(N)=NCc2ccnc(OCc3ccccc3)c2)cc1C.I. The van der Waals surface area contributed by atoms with E-state index in [4.69, 9.17) is 10.5 Å². The monoisotopic (exact) mass is 488 g/mol. The van der Waals surface area contributed by atoms with E-state index in [9.17, 15) is 0 Å². The number of anilines is 1. The maximum Gasteiger partial charge on any atom is 0.213 e. The van der Waals surface area contributed by atoms with Crippen LogP contribution in [0.1, 0.15) is 22.3 Å². The zero-order valence-electron chi connectivity index (χ0n) is 16.1. The van der Waals surface area contributed by atoms with Gasteiger partial charge in [-0.1, -0.05) is 36.4 Å². The Kier molecular flexibility index (Phi) is 8.25. The van der Waals surface area contributed by atoms with Crippen molar-refractivity contribution in [1.29, 1.82) is 0 Å². The molecule has 0 saturated heterocycles. The summed E-state index contributed by atoms with van der Waals surface area (Å²) in [7, 11) is 0. The molecule has 0 spiro atoms. The van der Waals surface area contributed by atoms with Crippen molar-refractivity contribution in [2.24, 2.45) is 10.7 Å². The first-order valence-electron chi connectivity index (χ1n) is 8.86. The second-order valence-electron chi connectivity index (χ2n) is 6.40. The van der Waals surface area contributed by atoms with E-state index < -0.39 is 0 Å². The van der Waals surface area contributed by atoms with E-state index in [0.29, 0.717) is 25.0 Å². The van der Waals surface area contributed by atoms with Crippen LogP contribution >= 0.6 is 24.0 Å². The van der Waals surface area contributed by atoms with Crippen LogP contribution < -0.4 is 15.8 Å². The smallest absolute Gasteiger partial charge is 0.213 e. The van der Waals surface area contributed by atoms with Gasteiger partial charge in [-0.3, -0.25) is 0 Å². The predicted octanol–water partition coefficient (Wildman–Crippen LogP) is 4.82. The number of benzene rings is 2. The van der Waals surface area contributed by atoms with E-state index in [-0.39, 0.29) is 24.0 Å². The molecule has 0 radical (unpaired) electrons. The Morgan fingerprint density at radius 1 is 1.00 bits per heavy atom. The number of pyridine rings is 1. The Balaban J connectivity index is 0.00000280. The van der Waals surface area contributed by atoms with Gasteiger partial charge in [-0.05, 0) is 54.3 Å². The highest BCUT2D eigenvalue weighted by Gasteiger charge is 2.01. The number of ether oxygens (including phenoxy) is 1. The Labute approximate surface area is 183 Å². The van der Waals surface area contributed by atoms with Gasteiger partial charge in [0.15, 0.2) is 5.96 Å². The molecule has 3 aromatic rings. The molecular weight excluding hydrogens is 463 g/mol. The van der Waals surface area contributed by atoms with Crippen LogP contribution in [0.3, 0.4) is 0 Å². The molecule has 5 nitrogen and oxygen atoms in total. The number of hydrogen-bond donors (Lipinski definition) is 2. The molecule has 28 heavy (non-hydrogen) atoms. The van der Waals surface area contributed by atoms with E-state index in [2.05, 4.69) is 41.3 Å². The first kappa shape index (κ1) is 21.7. The van der Waals surface area contributed by atoms with Gasteiger partial charge in [0.05, 0.1) is 6.54 Å². The van der Waals surface area contributed by atoms with Gasteiger partial charge in [0.1, 0.15) is 6.61 Å². The highest BCUT2D eigenvalue weighted by atomic mass is 127. The van der Waals surface area contributed by atoms with Gasteiger partial charge in [-0.2, -0.15) is 0 Å². The molecule has 0 atom stereocenters. The third-order valence-corrected chi connectivity index (χ3v) is 4.24. The van der Waals surface area contributed by atoms with Crippen molar-refractivity contribution in [2.45, 2.75) is 27.0 Å². The molecule has 0 aliphatic carbocycles. The van der Waals surface area contributed by atoms with E-state index in [1.165, 1.54) is 11.1 Å². The standard InChI is InChI=1S/C22H24N4O.HI/c1-16-8-9-20(12-17(16)2)26-22(23)25-14-19-10-11-24-21(13-19)27-15-18-6-4-3-5-7-18;/h3-13H,14-15H2,1-2H3,(H3,23,25,26);1H. The molecule has 2 aromatic carbocycles. The molecular formula is C22H25IN4O. The largest absolute Gasteiger partial charge is 0.473 e. The maximum atomic E-state index is 6.01. The summed E-state index contributed by atoms with van der Waals surface area (Å²) in [4.78, 5) is 8.65. The minimum atomic E-state index is 0. The molecule has 0 aliphatic rings. The van der Waals surface area contributed by atoms with E-state index in [0.717, 1.165) is 16.8 Å². The number of guanidine groups is 1. The first-order valence-corrected chi connectivity index (χ1v) is 8.86. The summed E-state index contributed by atoms with van der Waals surface area (Å²) in [5, 5.41) is 3.12. The summed E-state index contributed by atoms with van der Waals surface area (Å²) in [6.07, 6.45) is 1.72. The lowest BCUT2D eigenvalue weighted by molar-refractivity contribution is 0.293. The number of aromatic nitrogens is 1. The van der Waals surface area contributed by atoms with Crippen LogP contribution in [-0.4, -0.2) is 10.9 Å². The summed E-state index contributed by atoms with van der Waals surface area (Å²) in [6, 6.07) is 19.9. The van der Waals surface area contributed by atoms with Gasteiger partial charge >= 0.3 is 0 Å². The van der Waals surface area contributed by atoms with Gasteiger partial charge in [-0.25, -0.2) is 9.98 Å². The van der Waals surface area contributed by atoms with Gasteiger partial charge in [-0.15, -0.1) is 24.0 Å². The van der Waals surface area contributed by atoms with Crippen molar-refractivity contribution < 1.29 is 4.74 Å². The molecule has 146 valence electrons. The van der Waals surface area contributed by atoms with Gasteiger partial charge in [0.25, 0.3) is 0 Å². The maximum absolute atomic E-state index is 6.01. The second kappa shape index (κ2) is 10.7. The lowest BCUT2D eigenvalue weighted by atomic mass is 10.1. The number of aryl methyl sites for hydroxylation is 2. The number of hydrogen-bond acceptors (Lipinski definition) is 3. The third-order valence-electron chi connectivity index (χ3n) is 4.24. The zero-order valence-corrected chi connectivity index (χ0v) is 18.4. The highest BCUT2D eigenvalue weighted by Crippen LogP contribution is 2.15. The van der Waals surface area contributed by atoms with Crippen molar-refractivity contribution in [3.05, 3.63) is 89.1 Å². The fourth-order valence-corrected chi connectivity index (χ4v) is 2.54. The number of nitrogens with two attached hydrogens (primary N) is 1. The molecule has 0 amide bonds. The molecule has 0 fully saturated rings. The summed E-state index contributed by atoms with van der Waals surface area (Å²) < 4.78 is 5.75. The van der Waals surface area contributed by atoms with E-state index in [1.807, 2.05) is 48.5 Å². The van der Waals surface area contributed by atoms with Crippen molar-refractivity contribution in [3.8, 4) is 5.88 Å². The van der Waals surface area contributed by atoms with Crippen LogP contribution in [0.4, 0.5) is 5.69 Å². The number of nitrogens with one attached hydrogen (secondary N) is 1. The fourth-order valence-electron chi connectivity index (χ4n) is 2.54. The van der Waals surface area contributed by atoms with Crippen LogP contribution in [0.25, 0.3) is 0 Å². The highest BCUT2D eigenvalue weighted by molar-refractivity contribution is 14.0. The Morgan fingerprint density at radius 2 is 1.79 bits per heavy atom.